The summed E-state index contributed by atoms with van der Waals surface area (Å²) in [6.45, 7) is 6.72. The van der Waals surface area contributed by atoms with Crippen LogP contribution in [0.3, 0.4) is 0 Å². The Morgan fingerprint density at radius 2 is 2.10 bits per heavy atom. The number of hydrogen-bond acceptors (Lipinski definition) is 3. The summed E-state index contributed by atoms with van der Waals surface area (Å²) in [5, 5.41) is 0. The summed E-state index contributed by atoms with van der Waals surface area (Å²) < 4.78 is 12.1. The highest BCUT2D eigenvalue weighted by Crippen LogP contribution is 2.37. The van der Waals surface area contributed by atoms with E-state index in [1.807, 2.05) is 26.0 Å². The second kappa shape index (κ2) is 8.32. The second-order valence-corrected chi connectivity index (χ2v) is 5.93. The number of ether oxygens (including phenoxy) is 2. The molecule has 3 nitrogen and oxygen atoms in total. The minimum absolute atomic E-state index is 0.170. The Balaban J connectivity index is 2.93. The summed E-state index contributed by atoms with van der Waals surface area (Å²) in [4.78, 5) is 0. The van der Waals surface area contributed by atoms with Gasteiger partial charge in [0.1, 0.15) is 6.61 Å². The van der Waals surface area contributed by atoms with E-state index in [1.165, 1.54) is 5.57 Å². The Hall–Kier alpha value is -1.00. The van der Waals surface area contributed by atoms with Crippen molar-refractivity contribution in [1.29, 1.82) is 0 Å². The lowest BCUT2D eigenvalue weighted by molar-refractivity contribution is 0.323. The van der Waals surface area contributed by atoms with Gasteiger partial charge in [-0.05, 0) is 66.4 Å². The topological polar surface area (TPSA) is 44.5 Å². The molecule has 0 radical (unpaired) electrons. The van der Waals surface area contributed by atoms with Crippen LogP contribution in [0.5, 0.6) is 11.5 Å². The molecule has 0 spiro atoms. The van der Waals surface area contributed by atoms with Gasteiger partial charge in [0.25, 0.3) is 0 Å². The SMILES string of the molecule is CCC(N)Cc1cc(Br)c(OCC=C(C)C)c(OC)c1. The average molecular weight is 342 g/mol. The summed E-state index contributed by atoms with van der Waals surface area (Å²) in [6, 6.07) is 4.22. The summed E-state index contributed by atoms with van der Waals surface area (Å²) in [7, 11) is 1.65. The standard InChI is InChI=1S/C16H24BrNO2/c1-5-13(18)8-12-9-14(17)16(15(10-12)19-4)20-7-6-11(2)3/h6,9-10,13H,5,7-8,18H2,1-4H3. The van der Waals surface area contributed by atoms with Gasteiger partial charge in [0.2, 0.25) is 0 Å². The van der Waals surface area contributed by atoms with Crippen LogP contribution in [0, 0.1) is 0 Å². The van der Waals surface area contributed by atoms with E-state index >= 15 is 0 Å². The third kappa shape index (κ3) is 5.17. The molecule has 0 aliphatic carbocycles. The van der Waals surface area contributed by atoms with Crippen LogP contribution in [-0.4, -0.2) is 19.8 Å². The minimum atomic E-state index is 0.170. The van der Waals surface area contributed by atoms with Crippen molar-refractivity contribution in [2.24, 2.45) is 5.73 Å². The molecule has 0 aromatic heterocycles. The predicted octanol–water partition coefficient (Wildman–Crippen LogP) is 4.08. The molecule has 1 aromatic carbocycles. The van der Waals surface area contributed by atoms with Crippen LogP contribution < -0.4 is 15.2 Å². The molecular formula is C16H24BrNO2. The number of allylic oxidation sites excluding steroid dienone is 1. The average Bonchev–Trinajstić information content (AvgIpc) is 2.40. The van der Waals surface area contributed by atoms with E-state index in [0.29, 0.717) is 6.61 Å². The van der Waals surface area contributed by atoms with Crippen LogP contribution in [0.15, 0.2) is 28.3 Å². The third-order valence-corrected chi connectivity index (χ3v) is 3.62. The first-order valence-corrected chi connectivity index (χ1v) is 7.65. The molecule has 0 aliphatic heterocycles. The largest absolute Gasteiger partial charge is 0.493 e. The molecule has 1 atom stereocenters. The molecule has 1 unspecified atom stereocenters. The van der Waals surface area contributed by atoms with Gasteiger partial charge in [-0.3, -0.25) is 0 Å². The number of rotatable bonds is 7. The van der Waals surface area contributed by atoms with Crippen LogP contribution in [0.4, 0.5) is 0 Å². The minimum Gasteiger partial charge on any atom is -0.493 e. The van der Waals surface area contributed by atoms with Crippen molar-refractivity contribution in [3.63, 3.8) is 0 Å². The van der Waals surface area contributed by atoms with Crippen molar-refractivity contribution >= 4 is 15.9 Å². The zero-order valence-corrected chi connectivity index (χ0v) is 14.3. The Morgan fingerprint density at radius 3 is 2.65 bits per heavy atom. The first-order valence-electron chi connectivity index (χ1n) is 6.86. The highest BCUT2D eigenvalue weighted by Gasteiger charge is 2.12. The Morgan fingerprint density at radius 1 is 1.40 bits per heavy atom. The maximum Gasteiger partial charge on any atom is 0.175 e. The molecule has 0 amide bonds. The molecule has 1 aromatic rings. The lowest BCUT2D eigenvalue weighted by atomic mass is 10.0. The molecule has 0 saturated heterocycles. The molecule has 2 N–H and O–H groups in total. The van der Waals surface area contributed by atoms with Gasteiger partial charge in [-0.1, -0.05) is 12.5 Å². The van der Waals surface area contributed by atoms with Gasteiger partial charge >= 0.3 is 0 Å². The van der Waals surface area contributed by atoms with Crippen LogP contribution >= 0.6 is 15.9 Å². The molecule has 0 aliphatic rings. The molecule has 20 heavy (non-hydrogen) atoms. The van der Waals surface area contributed by atoms with Gasteiger partial charge in [0.15, 0.2) is 11.5 Å². The van der Waals surface area contributed by atoms with Gasteiger partial charge in [-0.2, -0.15) is 0 Å². The summed E-state index contributed by atoms with van der Waals surface area (Å²) in [6.07, 6.45) is 3.82. The zero-order valence-electron chi connectivity index (χ0n) is 12.7. The summed E-state index contributed by atoms with van der Waals surface area (Å²) >= 11 is 3.55. The van der Waals surface area contributed by atoms with E-state index < -0.39 is 0 Å². The van der Waals surface area contributed by atoms with Crippen LogP contribution in [-0.2, 0) is 6.42 Å². The van der Waals surface area contributed by atoms with Crippen LogP contribution in [0.1, 0.15) is 32.8 Å². The molecule has 4 heteroatoms. The van der Waals surface area contributed by atoms with E-state index in [-0.39, 0.29) is 6.04 Å². The Bertz CT molecular complexity index is 468. The van der Waals surface area contributed by atoms with Gasteiger partial charge in [0.05, 0.1) is 11.6 Å². The fraction of sp³-hybridized carbons (Fsp3) is 0.500. The number of halogens is 1. The molecule has 112 valence electrons. The summed E-state index contributed by atoms with van der Waals surface area (Å²) in [5.74, 6) is 1.47. The third-order valence-electron chi connectivity index (χ3n) is 3.03. The predicted molar refractivity (Wildman–Crippen MR) is 87.6 cm³/mol. The molecule has 0 fully saturated rings. The number of methoxy groups -OCH3 is 1. The van der Waals surface area contributed by atoms with Gasteiger partial charge < -0.3 is 15.2 Å². The van der Waals surface area contributed by atoms with Crippen molar-refractivity contribution in [1.82, 2.24) is 0 Å². The van der Waals surface area contributed by atoms with Crippen molar-refractivity contribution in [2.75, 3.05) is 13.7 Å². The highest BCUT2D eigenvalue weighted by atomic mass is 79.9. The number of hydrogen-bond donors (Lipinski definition) is 1. The molecule has 1 rings (SSSR count). The normalized spacial score (nSPS) is 11.9. The van der Waals surface area contributed by atoms with Crippen molar-refractivity contribution in [2.45, 2.75) is 39.7 Å². The molecule has 0 bridgehead atoms. The summed E-state index contributed by atoms with van der Waals surface area (Å²) in [5.41, 5.74) is 8.38. The number of nitrogens with two attached hydrogens (primary N) is 1. The Kier molecular flexibility index (Phi) is 7.10. The Labute approximate surface area is 130 Å². The monoisotopic (exact) mass is 341 g/mol. The highest BCUT2D eigenvalue weighted by molar-refractivity contribution is 9.10. The van der Waals surface area contributed by atoms with Gasteiger partial charge in [-0.15, -0.1) is 0 Å². The van der Waals surface area contributed by atoms with Crippen molar-refractivity contribution in [3.05, 3.63) is 33.8 Å². The van der Waals surface area contributed by atoms with E-state index in [9.17, 15) is 0 Å². The van der Waals surface area contributed by atoms with Crippen molar-refractivity contribution in [3.8, 4) is 11.5 Å². The van der Waals surface area contributed by atoms with Gasteiger partial charge in [0, 0.05) is 6.04 Å². The van der Waals surface area contributed by atoms with E-state index in [1.54, 1.807) is 7.11 Å². The van der Waals surface area contributed by atoms with Crippen LogP contribution in [0.25, 0.3) is 0 Å². The van der Waals surface area contributed by atoms with E-state index in [4.69, 9.17) is 15.2 Å². The lowest BCUT2D eigenvalue weighted by Crippen LogP contribution is -2.21. The second-order valence-electron chi connectivity index (χ2n) is 5.07. The molecule has 0 saturated carbocycles. The molecular weight excluding hydrogens is 318 g/mol. The lowest BCUT2D eigenvalue weighted by Gasteiger charge is -2.15. The fourth-order valence-electron chi connectivity index (χ4n) is 1.77. The maximum atomic E-state index is 6.00. The van der Waals surface area contributed by atoms with Crippen molar-refractivity contribution < 1.29 is 9.47 Å². The first kappa shape index (κ1) is 17.1. The fourth-order valence-corrected chi connectivity index (χ4v) is 2.37. The molecule has 0 heterocycles. The smallest absolute Gasteiger partial charge is 0.175 e. The van der Waals surface area contributed by atoms with E-state index in [0.717, 1.165) is 34.4 Å². The zero-order chi connectivity index (χ0) is 15.1. The maximum absolute atomic E-state index is 6.00. The van der Waals surface area contributed by atoms with E-state index in [2.05, 4.69) is 28.9 Å². The van der Waals surface area contributed by atoms with Gasteiger partial charge in [-0.25, -0.2) is 0 Å². The van der Waals surface area contributed by atoms with Crippen LogP contribution in [0.2, 0.25) is 0 Å². The first-order chi connectivity index (χ1) is 9.47. The quantitative estimate of drug-likeness (QED) is 0.760. The number of benzene rings is 1.